The quantitative estimate of drug-likeness (QED) is 0.562. The molecule has 0 spiro atoms. The van der Waals surface area contributed by atoms with Crippen LogP contribution in [0.4, 0.5) is 8.78 Å². The maximum absolute atomic E-state index is 13.1. The van der Waals surface area contributed by atoms with Crippen LogP contribution in [0.3, 0.4) is 0 Å². The molecule has 10 heteroatoms. The van der Waals surface area contributed by atoms with Crippen LogP contribution in [0.1, 0.15) is 5.56 Å². The van der Waals surface area contributed by atoms with E-state index in [1.165, 1.54) is 0 Å². The fourth-order valence-electron chi connectivity index (χ4n) is 1.10. The van der Waals surface area contributed by atoms with Crippen molar-refractivity contribution in [1.82, 2.24) is 0 Å². The Morgan fingerprint density at radius 3 is 2.18 bits per heavy atom. The van der Waals surface area contributed by atoms with Gasteiger partial charge in [-0.05, 0) is 12.1 Å². The van der Waals surface area contributed by atoms with Crippen molar-refractivity contribution in [2.45, 2.75) is 11.1 Å². The molecule has 6 nitrogen and oxygen atoms in total. The van der Waals surface area contributed by atoms with Gasteiger partial charge in [-0.25, -0.2) is 8.78 Å². The van der Waals surface area contributed by atoms with Crippen molar-refractivity contribution in [2.75, 3.05) is 0 Å². The van der Waals surface area contributed by atoms with Gasteiger partial charge in [-0.3, -0.25) is 9.12 Å². The molecule has 0 heterocycles. The predicted molar refractivity (Wildman–Crippen MR) is 51.9 cm³/mol. The third-order valence-electron chi connectivity index (χ3n) is 1.75. The van der Waals surface area contributed by atoms with Crippen molar-refractivity contribution in [3.8, 4) is 0 Å². The van der Waals surface area contributed by atoms with Crippen LogP contribution in [0.2, 0.25) is 0 Å². The summed E-state index contributed by atoms with van der Waals surface area (Å²) in [6.07, 6.45) is -1.17. The minimum absolute atomic E-state index is 0.216. The van der Waals surface area contributed by atoms with Gasteiger partial charge in [-0.2, -0.15) is 8.42 Å². The lowest BCUT2D eigenvalue weighted by atomic mass is 10.2. The van der Waals surface area contributed by atoms with Crippen LogP contribution in [0.15, 0.2) is 17.0 Å². The Hall–Kier alpha value is -0.860. The Morgan fingerprint density at radius 2 is 1.76 bits per heavy atom. The first-order valence-corrected chi connectivity index (χ1v) is 7.24. The monoisotopic (exact) mass is 288 g/mol. The molecule has 1 aromatic carbocycles. The van der Waals surface area contributed by atoms with E-state index in [4.69, 9.17) is 14.3 Å². The maximum Gasteiger partial charge on any atom is 0.330 e. The highest BCUT2D eigenvalue weighted by atomic mass is 32.2. The number of hydrogen-bond acceptors (Lipinski definition) is 3. The van der Waals surface area contributed by atoms with Crippen LogP contribution in [-0.2, 0) is 20.8 Å². The van der Waals surface area contributed by atoms with Crippen LogP contribution < -0.4 is 0 Å². The summed E-state index contributed by atoms with van der Waals surface area (Å²) in [6, 6.07) is 0.681. The molecule has 96 valence electrons. The van der Waals surface area contributed by atoms with Crippen molar-refractivity contribution in [3.63, 3.8) is 0 Å². The first-order valence-electron chi connectivity index (χ1n) is 4.01. The molecule has 0 radical (unpaired) electrons. The SMILES string of the molecule is O=P(O)(O)Cc1cc(S(=O)(=O)O)cc(F)c1F. The fourth-order valence-corrected chi connectivity index (χ4v) is 2.32. The van der Waals surface area contributed by atoms with Gasteiger partial charge in [0.15, 0.2) is 11.6 Å². The minimum atomic E-state index is -4.78. The second kappa shape index (κ2) is 4.43. The summed E-state index contributed by atoms with van der Waals surface area (Å²) in [6.45, 7) is 0. The second-order valence-electron chi connectivity index (χ2n) is 3.18. The summed E-state index contributed by atoms with van der Waals surface area (Å²) in [5.74, 6) is -3.19. The fraction of sp³-hybridized carbons (Fsp3) is 0.143. The molecule has 0 fully saturated rings. The molecule has 3 N–H and O–H groups in total. The molecule has 17 heavy (non-hydrogen) atoms. The van der Waals surface area contributed by atoms with E-state index in [0.717, 1.165) is 0 Å². The molecule has 0 unspecified atom stereocenters. The molecule has 0 bridgehead atoms. The lowest BCUT2D eigenvalue weighted by Crippen LogP contribution is -2.04. The number of benzene rings is 1. The zero-order valence-corrected chi connectivity index (χ0v) is 9.75. The standard InChI is InChI=1S/C7H7F2O6PS/c8-6-2-5(17(13,14)15)1-4(7(6)9)3-16(10,11)12/h1-2H,3H2,(H2,10,11,12)(H,13,14,15). The molecule has 1 rings (SSSR count). The van der Waals surface area contributed by atoms with E-state index in [2.05, 4.69) is 0 Å². The Labute approximate surface area is 94.8 Å². The first kappa shape index (κ1) is 14.2. The molecule has 0 aliphatic heterocycles. The van der Waals surface area contributed by atoms with Gasteiger partial charge in [0.25, 0.3) is 10.1 Å². The molecule has 0 aromatic heterocycles. The highest BCUT2D eigenvalue weighted by Crippen LogP contribution is 2.40. The number of hydrogen-bond donors (Lipinski definition) is 3. The average Bonchev–Trinajstić information content (AvgIpc) is 2.08. The van der Waals surface area contributed by atoms with E-state index in [0.29, 0.717) is 6.07 Å². The largest absolute Gasteiger partial charge is 0.330 e. The molecule has 0 atom stereocenters. The maximum atomic E-state index is 13.1. The van der Waals surface area contributed by atoms with E-state index in [9.17, 15) is 21.8 Å². The normalized spacial score (nSPS) is 12.8. The summed E-state index contributed by atoms with van der Waals surface area (Å²) >= 11 is 0. The van der Waals surface area contributed by atoms with Gasteiger partial charge < -0.3 is 9.79 Å². The van der Waals surface area contributed by atoms with Gasteiger partial charge in [0, 0.05) is 5.56 Å². The van der Waals surface area contributed by atoms with Crippen molar-refractivity contribution >= 4 is 17.7 Å². The van der Waals surface area contributed by atoms with E-state index in [-0.39, 0.29) is 6.07 Å². The summed E-state index contributed by atoms with van der Waals surface area (Å²) in [7, 11) is -9.47. The molecule has 0 aliphatic rings. The number of rotatable bonds is 3. The van der Waals surface area contributed by atoms with E-state index in [1.807, 2.05) is 0 Å². The van der Waals surface area contributed by atoms with E-state index in [1.54, 1.807) is 0 Å². The van der Waals surface area contributed by atoms with Crippen molar-refractivity contribution in [1.29, 1.82) is 0 Å². The average molecular weight is 288 g/mol. The molecular formula is C7H7F2O6PS. The Balaban J connectivity index is 3.41. The Kier molecular flexibility index (Phi) is 3.70. The highest BCUT2D eigenvalue weighted by Gasteiger charge is 2.23. The summed E-state index contributed by atoms with van der Waals surface area (Å²) in [4.78, 5) is 16.2. The highest BCUT2D eigenvalue weighted by molar-refractivity contribution is 7.85. The topological polar surface area (TPSA) is 112 Å². The molecule has 0 saturated heterocycles. The van der Waals surface area contributed by atoms with E-state index >= 15 is 0 Å². The van der Waals surface area contributed by atoms with Crippen molar-refractivity contribution < 1.29 is 36.1 Å². The zero-order chi connectivity index (χ0) is 13.4. The molecular weight excluding hydrogens is 281 g/mol. The minimum Gasteiger partial charge on any atom is -0.324 e. The smallest absolute Gasteiger partial charge is 0.324 e. The number of halogens is 2. The Morgan fingerprint density at radius 1 is 1.24 bits per heavy atom. The van der Waals surface area contributed by atoms with Crippen molar-refractivity contribution in [2.24, 2.45) is 0 Å². The van der Waals surface area contributed by atoms with Crippen LogP contribution in [0.5, 0.6) is 0 Å². The van der Waals surface area contributed by atoms with Gasteiger partial charge in [0.05, 0.1) is 11.1 Å². The second-order valence-corrected chi connectivity index (χ2v) is 6.24. The van der Waals surface area contributed by atoms with Gasteiger partial charge in [0.1, 0.15) is 0 Å². The molecule has 0 saturated carbocycles. The Bertz CT molecular complexity index is 593. The third-order valence-corrected chi connectivity index (χ3v) is 3.34. The van der Waals surface area contributed by atoms with Crippen LogP contribution in [-0.4, -0.2) is 22.8 Å². The van der Waals surface area contributed by atoms with Crippen LogP contribution >= 0.6 is 7.60 Å². The van der Waals surface area contributed by atoms with Gasteiger partial charge in [0.2, 0.25) is 0 Å². The third kappa shape index (κ3) is 3.83. The molecule has 0 amide bonds. The van der Waals surface area contributed by atoms with E-state index < -0.39 is 46.0 Å². The van der Waals surface area contributed by atoms with Crippen molar-refractivity contribution in [3.05, 3.63) is 29.3 Å². The zero-order valence-electron chi connectivity index (χ0n) is 8.04. The summed E-state index contributed by atoms with van der Waals surface area (Å²) < 4.78 is 66.7. The summed E-state index contributed by atoms with van der Waals surface area (Å²) in [5.41, 5.74) is -0.828. The molecule has 1 aromatic rings. The van der Waals surface area contributed by atoms with Gasteiger partial charge in [-0.1, -0.05) is 0 Å². The predicted octanol–water partition coefficient (Wildman–Crippen LogP) is 0.889. The van der Waals surface area contributed by atoms with Gasteiger partial charge in [-0.15, -0.1) is 0 Å². The first-order chi connectivity index (χ1) is 7.50. The van der Waals surface area contributed by atoms with Crippen LogP contribution in [0.25, 0.3) is 0 Å². The lowest BCUT2D eigenvalue weighted by Gasteiger charge is -2.07. The van der Waals surface area contributed by atoms with Gasteiger partial charge >= 0.3 is 7.60 Å². The summed E-state index contributed by atoms with van der Waals surface area (Å²) in [5, 5.41) is 0. The lowest BCUT2D eigenvalue weighted by molar-refractivity contribution is 0.370. The molecule has 0 aliphatic carbocycles. The van der Waals surface area contributed by atoms with Crippen LogP contribution in [0, 0.1) is 11.6 Å².